The zero-order valence-corrected chi connectivity index (χ0v) is 36.5. The number of thiazole rings is 1. The lowest BCUT2D eigenvalue weighted by molar-refractivity contribution is -0.131. The Balaban J connectivity index is 0.000000230. The second kappa shape index (κ2) is 24.7. The number of likely N-dealkylation sites (tertiary alicyclic amines) is 1. The van der Waals surface area contributed by atoms with Crippen LogP contribution in [0.25, 0.3) is 22.4 Å². The quantitative estimate of drug-likeness (QED) is 0.0852. The summed E-state index contributed by atoms with van der Waals surface area (Å²) in [5, 5.41) is 19.5. The minimum absolute atomic E-state index is 0.114. The Kier molecular flexibility index (Phi) is 19.1. The van der Waals surface area contributed by atoms with Crippen LogP contribution in [0.3, 0.4) is 0 Å². The molecule has 3 aromatic heterocycles. The number of hydrogen-bond donors (Lipinski definition) is 6. The smallest absolute Gasteiger partial charge is 0.271 e. The van der Waals surface area contributed by atoms with Crippen molar-refractivity contribution in [2.75, 3.05) is 58.5 Å². The van der Waals surface area contributed by atoms with E-state index in [2.05, 4.69) is 65.9 Å². The molecule has 322 valence electrons. The highest BCUT2D eigenvalue weighted by Gasteiger charge is 2.18. The van der Waals surface area contributed by atoms with Crippen LogP contribution in [0.4, 0.5) is 11.4 Å². The fourth-order valence-electron chi connectivity index (χ4n) is 6.00. The van der Waals surface area contributed by atoms with E-state index in [1.807, 2.05) is 61.8 Å². The average Bonchev–Trinajstić information content (AvgIpc) is 3.77. The molecule has 0 aliphatic carbocycles. The Morgan fingerprint density at radius 3 is 1.90 bits per heavy atom. The first-order chi connectivity index (χ1) is 29.5. The maximum atomic E-state index is 12.4. The molecule has 0 radical (unpaired) electrons. The first-order valence-corrected chi connectivity index (χ1v) is 21.1. The highest BCUT2D eigenvalue weighted by Crippen LogP contribution is 2.27. The van der Waals surface area contributed by atoms with Gasteiger partial charge >= 0.3 is 0 Å². The molecule has 6 rings (SSSR count). The van der Waals surface area contributed by atoms with Gasteiger partial charge in [0, 0.05) is 69.6 Å². The highest BCUT2D eigenvalue weighted by molar-refractivity contribution is 7.09. The minimum atomic E-state index is -0.364. The fourth-order valence-corrected chi connectivity index (χ4v) is 6.75. The zero-order chi connectivity index (χ0) is 44.1. The number of likely N-dealkylation sites (N-methyl/N-ethyl adjacent to an activating group) is 1. The standard InChI is InChI=1S/C21H23N5O2S.C18H22N4O2.C6H11NO/c1-3-19-26-17(13-29-19)15-9-16(20(24-11-15)21(28)22-2)25-18(27)12-23-10-14-7-5-4-6-8-14;1-4-12-6-5-7-13(8-12)14-9-15(22-16(23)11-19-2)17(21-10-14)18(24)20-3;1-7-5-3-2-4-6(7)8/h4-9,11,13,23H,3,10,12H2,1-2H3,(H,22,28)(H,25,27);5-10,19H,4,11H2,1-3H3,(H,20,24)(H,22,23);2-5H2,1H3. The lowest BCUT2D eigenvalue weighted by Crippen LogP contribution is -2.31. The van der Waals surface area contributed by atoms with Crippen LogP contribution in [0.1, 0.15) is 70.2 Å². The lowest BCUT2D eigenvalue weighted by Gasteiger charge is -2.21. The molecule has 2 aromatic carbocycles. The molecule has 1 fully saturated rings. The lowest BCUT2D eigenvalue weighted by atomic mass is 10.0. The van der Waals surface area contributed by atoms with Crippen molar-refractivity contribution in [3.63, 3.8) is 0 Å². The van der Waals surface area contributed by atoms with Crippen LogP contribution < -0.4 is 31.9 Å². The number of piperidine rings is 1. The van der Waals surface area contributed by atoms with E-state index in [4.69, 9.17) is 0 Å². The molecule has 0 atom stereocenters. The molecule has 61 heavy (non-hydrogen) atoms. The summed E-state index contributed by atoms with van der Waals surface area (Å²) in [7, 11) is 6.60. The van der Waals surface area contributed by atoms with Crippen molar-refractivity contribution in [3.8, 4) is 22.4 Å². The summed E-state index contributed by atoms with van der Waals surface area (Å²) in [6.07, 6.45) is 8.06. The molecule has 0 unspecified atom stereocenters. The highest BCUT2D eigenvalue weighted by atomic mass is 32.1. The van der Waals surface area contributed by atoms with E-state index in [9.17, 15) is 24.0 Å². The molecule has 4 heterocycles. The van der Waals surface area contributed by atoms with Gasteiger partial charge in [-0.05, 0) is 61.6 Å². The topological polar surface area (TPSA) is 199 Å². The molecule has 16 heteroatoms. The van der Waals surface area contributed by atoms with Gasteiger partial charge in [0.25, 0.3) is 11.8 Å². The largest absolute Gasteiger partial charge is 0.354 e. The van der Waals surface area contributed by atoms with E-state index >= 15 is 0 Å². The van der Waals surface area contributed by atoms with Gasteiger partial charge in [-0.1, -0.05) is 68.4 Å². The Bertz CT molecular complexity index is 2250. The molecule has 0 saturated carbocycles. The number of carbonyl (C=O) groups is 5. The SMILES string of the molecule is CCc1cccc(-c2cnc(C(=O)NC)c(NC(=O)CNC)c2)c1.CCc1nc(-c2cnc(C(=O)NC)c(NC(=O)CNCc3ccccc3)c2)cs1.CN1CCCCC1=O. The monoisotopic (exact) mass is 848 g/mol. The predicted octanol–water partition coefficient (Wildman–Crippen LogP) is 5.31. The van der Waals surface area contributed by atoms with E-state index in [0.717, 1.165) is 65.2 Å². The van der Waals surface area contributed by atoms with Crippen molar-refractivity contribution in [2.24, 2.45) is 0 Å². The maximum absolute atomic E-state index is 12.4. The fraction of sp³-hybridized carbons (Fsp3) is 0.333. The number of aromatic nitrogens is 3. The second-order valence-electron chi connectivity index (χ2n) is 13.9. The third-order valence-corrected chi connectivity index (χ3v) is 10.4. The molecule has 6 N–H and O–H groups in total. The van der Waals surface area contributed by atoms with Crippen LogP contribution in [0.2, 0.25) is 0 Å². The molecule has 15 nitrogen and oxygen atoms in total. The Morgan fingerprint density at radius 2 is 1.34 bits per heavy atom. The van der Waals surface area contributed by atoms with Gasteiger partial charge in [0.15, 0.2) is 11.4 Å². The van der Waals surface area contributed by atoms with Crippen LogP contribution in [-0.4, -0.2) is 97.2 Å². The van der Waals surface area contributed by atoms with Crippen LogP contribution in [0, 0.1) is 0 Å². The van der Waals surface area contributed by atoms with Crippen molar-refractivity contribution in [1.29, 1.82) is 0 Å². The van der Waals surface area contributed by atoms with Gasteiger partial charge in [-0.25, -0.2) is 15.0 Å². The summed E-state index contributed by atoms with van der Waals surface area (Å²) in [6, 6.07) is 21.4. The summed E-state index contributed by atoms with van der Waals surface area (Å²) < 4.78 is 0. The number of anilines is 2. The molecule has 5 amide bonds. The molecule has 5 aromatic rings. The Labute approximate surface area is 361 Å². The number of rotatable bonds is 14. The van der Waals surface area contributed by atoms with Crippen LogP contribution in [-0.2, 0) is 33.8 Å². The van der Waals surface area contributed by atoms with Crippen LogP contribution >= 0.6 is 11.3 Å². The molecular formula is C45H56N10O5S. The summed E-state index contributed by atoms with van der Waals surface area (Å²) in [6.45, 7) is 5.94. The molecule has 1 aliphatic heterocycles. The van der Waals surface area contributed by atoms with E-state index in [1.165, 1.54) is 26.1 Å². The predicted molar refractivity (Wildman–Crippen MR) is 241 cm³/mol. The van der Waals surface area contributed by atoms with Crippen LogP contribution in [0.15, 0.2) is 84.5 Å². The normalized spacial score (nSPS) is 11.9. The second-order valence-corrected chi connectivity index (χ2v) is 14.9. The van der Waals surface area contributed by atoms with Gasteiger partial charge in [-0.2, -0.15) is 0 Å². The summed E-state index contributed by atoms with van der Waals surface area (Å²) in [5.41, 5.74) is 6.78. The average molecular weight is 849 g/mol. The number of pyridine rings is 2. The van der Waals surface area contributed by atoms with Crippen molar-refractivity contribution < 1.29 is 24.0 Å². The van der Waals surface area contributed by atoms with Crippen molar-refractivity contribution in [3.05, 3.63) is 112 Å². The van der Waals surface area contributed by atoms with E-state index in [-0.39, 0.29) is 48.1 Å². The Morgan fingerprint density at radius 1 is 0.721 bits per heavy atom. The first kappa shape index (κ1) is 47.3. The van der Waals surface area contributed by atoms with Gasteiger partial charge in [0.05, 0.1) is 35.2 Å². The van der Waals surface area contributed by atoms with Crippen molar-refractivity contribution in [1.82, 2.24) is 41.1 Å². The number of aryl methyl sites for hydroxylation is 2. The number of hydrogen-bond acceptors (Lipinski definition) is 11. The molecule has 1 saturated heterocycles. The van der Waals surface area contributed by atoms with Gasteiger partial charge in [0.2, 0.25) is 17.7 Å². The number of nitrogens with zero attached hydrogens (tertiary/aromatic N) is 4. The summed E-state index contributed by atoms with van der Waals surface area (Å²) in [4.78, 5) is 74.0. The van der Waals surface area contributed by atoms with Gasteiger partial charge in [-0.15, -0.1) is 11.3 Å². The number of amides is 5. The Hall–Kier alpha value is -6.36. The third-order valence-electron chi connectivity index (χ3n) is 9.38. The zero-order valence-electron chi connectivity index (χ0n) is 35.7. The van der Waals surface area contributed by atoms with Gasteiger partial charge in [-0.3, -0.25) is 24.0 Å². The maximum Gasteiger partial charge on any atom is 0.271 e. The molecule has 0 bridgehead atoms. The van der Waals surface area contributed by atoms with Crippen molar-refractivity contribution in [2.45, 2.75) is 52.5 Å². The van der Waals surface area contributed by atoms with Crippen molar-refractivity contribution >= 4 is 52.2 Å². The number of benzene rings is 2. The number of carbonyl (C=O) groups excluding carboxylic acids is 5. The summed E-state index contributed by atoms with van der Waals surface area (Å²) >= 11 is 1.57. The third kappa shape index (κ3) is 14.7. The summed E-state index contributed by atoms with van der Waals surface area (Å²) in [5.74, 6) is -0.891. The molecule has 1 aliphatic rings. The number of nitrogens with one attached hydrogen (secondary N) is 6. The van der Waals surface area contributed by atoms with E-state index in [1.54, 1.807) is 47.8 Å². The minimum Gasteiger partial charge on any atom is -0.354 e. The van der Waals surface area contributed by atoms with Crippen LogP contribution in [0.5, 0.6) is 0 Å². The van der Waals surface area contributed by atoms with Gasteiger partial charge in [0.1, 0.15) is 0 Å². The molecule has 0 spiro atoms. The first-order valence-electron chi connectivity index (χ1n) is 20.2. The van der Waals surface area contributed by atoms with Gasteiger partial charge < -0.3 is 36.8 Å². The van der Waals surface area contributed by atoms with E-state index < -0.39 is 0 Å². The molecular weight excluding hydrogens is 793 g/mol. The van der Waals surface area contributed by atoms with E-state index in [0.29, 0.717) is 23.8 Å².